The molecule has 0 aromatic carbocycles. The predicted octanol–water partition coefficient (Wildman–Crippen LogP) is -23.0. The molecule has 0 N–H and O–H groups in total. The first kappa shape index (κ1) is 170. The molecule has 0 spiro atoms. The first-order valence-electron chi connectivity index (χ1n) is 1.02. The average Bonchev–Trinajstić information content (AvgIpc) is 2.20. The Balaban J connectivity index is -0.00000000142. The molecule has 0 unspecified atom stereocenters. The fraction of sp³-hybridized carbons (Fsp3) is 0. The molecule has 0 aliphatic rings. The van der Waals surface area contributed by atoms with E-state index in [4.69, 9.17) is 24.0 Å². The van der Waals surface area contributed by atoms with Crippen LogP contribution in [0.4, 0.5) is 0 Å². The van der Waals surface area contributed by atoms with Gasteiger partial charge < -0.3 is 86.8 Å². The standard InChI is InChI=1S/5CO.7ClH.Re/c5*1-2;;;;;;;;/h;;;;;7*1H;/q;;;;;;;;;;;;+7/p-7. The van der Waals surface area contributed by atoms with Crippen LogP contribution in [-0.2, 0) is 44.4 Å². The predicted molar refractivity (Wildman–Crippen MR) is 28.5 cm³/mol. The average molecular weight is 574 g/mol. The molecule has 0 aromatic rings. The van der Waals surface area contributed by atoms with Gasteiger partial charge in [0.05, 0.1) is 0 Å². The quantitative estimate of drug-likeness (QED) is 0.287. The van der Waals surface area contributed by atoms with Crippen LogP contribution in [0.2, 0.25) is 0 Å². The van der Waals surface area contributed by atoms with E-state index in [9.17, 15) is 0 Å². The van der Waals surface area contributed by atoms with Crippen molar-refractivity contribution in [2.45, 2.75) is 0 Å². The maximum atomic E-state index is 7.50. The van der Waals surface area contributed by atoms with Crippen molar-refractivity contribution in [3.63, 3.8) is 0 Å². The van der Waals surface area contributed by atoms with Gasteiger partial charge in [0.2, 0.25) is 0 Å². The molecule has 0 bridgehead atoms. The Labute approximate surface area is 164 Å². The largest absolute Gasteiger partial charge is 7.00 e. The van der Waals surface area contributed by atoms with Gasteiger partial charge in [0.1, 0.15) is 0 Å². The molecule has 0 heterocycles. The molecule has 18 heavy (non-hydrogen) atoms. The topological polar surface area (TPSA) is 85.3 Å². The molecule has 0 rings (SSSR count). The second-order valence-corrected chi connectivity index (χ2v) is 0. The Bertz CT molecular complexity index is 43.8. The van der Waals surface area contributed by atoms with Crippen LogP contribution in [0.5, 0.6) is 0 Å². The third-order valence-corrected chi connectivity index (χ3v) is 0. The molecule has 13 heteroatoms. The van der Waals surface area contributed by atoms with Gasteiger partial charge in [0, 0.05) is 0 Å². The van der Waals surface area contributed by atoms with Crippen molar-refractivity contribution in [1.82, 2.24) is 0 Å². The van der Waals surface area contributed by atoms with E-state index in [1.807, 2.05) is 0 Å². The van der Waals surface area contributed by atoms with Gasteiger partial charge in [-0.3, -0.25) is 24.0 Å². The molecule has 106 valence electrons. The number of rotatable bonds is 0. The summed E-state index contributed by atoms with van der Waals surface area (Å²) in [5, 5.41) is 0. The summed E-state index contributed by atoms with van der Waals surface area (Å²) in [5.74, 6) is 0. The Morgan fingerprint density at radius 2 is 0.278 bits per heavy atom. The van der Waals surface area contributed by atoms with Crippen molar-refractivity contribution in [2.24, 2.45) is 0 Å². The van der Waals surface area contributed by atoms with Gasteiger partial charge in [-0.2, -0.15) is 0 Å². The minimum absolute atomic E-state index is 0. The summed E-state index contributed by atoms with van der Waals surface area (Å²) in [4.78, 5) is 37.5. The van der Waals surface area contributed by atoms with Crippen molar-refractivity contribution < 1.29 is 131 Å². The van der Waals surface area contributed by atoms with Crippen molar-refractivity contribution in [3.8, 4) is 0 Å². The van der Waals surface area contributed by atoms with Gasteiger partial charge in [-0.25, -0.2) is 0 Å². The summed E-state index contributed by atoms with van der Waals surface area (Å²) in [7, 11) is 0. The Morgan fingerprint density at radius 1 is 0.278 bits per heavy atom. The van der Waals surface area contributed by atoms with E-state index in [0.29, 0.717) is 0 Å². The fourth-order valence-electron chi connectivity index (χ4n) is 0. The van der Waals surface area contributed by atoms with Crippen molar-refractivity contribution in [2.75, 3.05) is 0 Å². The molecule has 0 atom stereocenters. The van der Waals surface area contributed by atoms with Crippen molar-refractivity contribution in [3.05, 3.63) is 0 Å². The molecule has 0 amide bonds. The van der Waals surface area contributed by atoms with Gasteiger partial charge in [0.25, 0.3) is 33.9 Å². The molecule has 5 nitrogen and oxygen atoms in total. The molecule has 0 aromatic heterocycles. The van der Waals surface area contributed by atoms with E-state index in [1.54, 1.807) is 0 Å². The Hall–Kier alpha value is 1.04. The molecule has 0 saturated heterocycles. The Kier molecular flexibility index (Phi) is 45500. The third-order valence-electron chi connectivity index (χ3n) is 0. The van der Waals surface area contributed by atoms with Crippen LogP contribution in [0.3, 0.4) is 0 Å². The first-order chi connectivity index (χ1) is 5.00. The second kappa shape index (κ2) is 4820. The van der Waals surface area contributed by atoms with Crippen LogP contribution >= 0.6 is 0 Å². The zero-order chi connectivity index (χ0) is 10.0. The zero-order valence-corrected chi connectivity index (χ0v) is 15.6. The van der Waals surface area contributed by atoms with Crippen LogP contribution in [-0.4, -0.2) is 33.9 Å². The number of hydrogen-bond acceptors (Lipinski definition) is 5. The second-order valence-electron chi connectivity index (χ2n) is 0. The van der Waals surface area contributed by atoms with E-state index >= 15 is 0 Å². The first-order valence-corrected chi connectivity index (χ1v) is 1.02. The SMILES string of the molecule is [C]=O.[C]=O.[C]=O.[C]=O.[C]=O.[Cl-].[Cl-].[Cl-].[Cl-].[Cl-].[Cl-].[Cl-].[Re+7]. The summed E-state index contributed by atoms with van der Waals surface area (Å²) in [5.41, 5.74) is 0. The van der Waals surface area contributed by atoms with Crippen molar-refractivity contribution >= 4 is 33.9 Å². The molecule has 0 fully saturated rings. The number of halogens is 7. The van der Waals surface area contributed by atoms with E-state index < -0.39 is 0 Å². The normalized spacial score (nSPS) is 1.11. The van der Waals surface area contributed by atoms with Gasteiger partial charge in [-0.15, -0.1) is 0 Å². The number of carbonyl (C=O) groups excluding carboxylic acids is 5. The molecule has 0 aliphatic carbocycles. The third kappa shape index (κ3) is 4040. The fourth-order valence-corrected chi connectivity index (χ4v) is 0. The summed E-state index contributed by atoms with van der Waals surface area (Å²) < 4.78 is 0. The van der Waals surface area contributed by atoms with Crippen LogP contribution in [0.15, 0.2) is 0 Å². The maximum absolute atomic E-state index is 7.50. The van der Waals surface area contributed by atoms with E-state index in [-0.39, 0.29) is 107 Å². The smallest absolute Gasteiger partial charge is 1.00 e. The molecule has 10 radical (unpaired) electrons. The van der Waals surface area contributed by atoms with Gasteiger partial charge in [0.15, 0.2) is 0 Å². The minimum Gasteiger partial charge on any atom is -1.00 e. The zero-order valence-electron chi connectivity index (χ0n) is 7.56. The van der Waals surface area contributed by atoms with Gasteiger partial charge in [-0.05, 0) is 0 Å². The molecule has 0 aliphatic heterocycles. The maximum Gasteiger partial charge on any atom is 7.00 e. The molecular formula is C5Cl7O5Re. The minimum atomic E-state index is 0. The van der Waals surface area contributed by atoms with Crippen LogP contribution < -0.4 is 86.8 Å². The molecule has 0 saturated carbocycles. The number of hydrogen-bond donors (Lipinski definition) is 0. The molecular weight excluding hydrogens is 574 g/mol. The van der Waals surface area contributed by atoms with Crippen molar-refractivity contribution in [1.29, 1.82) is 0 Å². The monoisotopic (exact) mass is 572 g/mol. The van der Waals surface area contributed by atoms with E-state index in [0.717, 1.165) is 0 Å². The van der Waals surface area contributed by atoms with E-state index in [2.05, 4.69) is 33.9 Å². The van der Waals surface area contributed by atoms with Crippen LogP contribution in [0, 0.1) is 0 Å². The summed E-state index contributed by atoms with van der Waals surface area (Å²) in [6, 6.07) is 0. The summed E-state index contributed by atoms with van der Waals surface area (Å²) in [6.07, 6.45) is 0. The Morgan fingerprint density at radius 3 is 0.278 bits per heavy atom. The van der Waals surface area contributed by atoms with Crippen LogP contribution in [0.25, 0.3) is 0 Å². The summed E-state index contributed by atoms with van der Waals surface area (Å²) in [6.45, 7) is 22.5. The van der Waals surface area contributed by atoms with E-state index in [1.165, 1.54) is 0 Å². The van der Waals surface area contributed by atoms with Gasteiger partial charge in [-0.1, -0.05) is 0 Å². The van der Waals surface area contributed by atoms with Crippen LogP contribution in [0.1, 0.15) is 0 Å². The van der Waals surface area contributed by atoms with Gasteiger partial charge >= 0.3 is 20.4 Å². The summed E-state index contributed by atoms with van der Waals surface area (Å²) >= 11 is 0.